The molecule has 0 aliphatic heterocycles. The van der Waals surface area contributed by atoms with E-state index in [-0.39, 0.29) is 38.6 Å². The van der Waals surface area contributed by atoms with Gasteiger partial charge in [-0.15, -0.1) is 0 Å². The molecule has 0 saturated carbocycles. The summed E-state index contributed by atoms with van der Waals surface area (Å²) in [6.07, 6.45) is 48.9. The molecule has 0 bridgehead atoms. The van der Waals surface area contributed by atoms with Gasteiger partial charge in [-0.3, -0.25) is 18.6 Å². The molecule has 3 N–H and O–H groups in total. The summed E-state index contributed by atoms with van der Waals surface area (Å²) in [7, 11) is -4.38. The van der Waals surface area contributed by atoms with Gasteiger partial charge in [0, 0.05) is 19.4 Å². The summed E-state index contributed by atoms with van der Waals surface area (Å²) >= 11 is 0. The van der Waals surface area contributed by atoms with Crippen molar-refractivity contribution in [3.8, 4) is 0 Å². The van der Waals surface area contributed by atoms with E-state index in [1.165, 1.54) is 128 Å². The van der Waals surface area contributed by atoms with Crippen LogP contribution in [0.25, 0.3) is 0 Å². The third-order valence-corrected chi connectivity index (χ3v) is 11.0. The Kier molecular flexibility index (Phi) is 42.4. The largest absolute Gasteiger partial charge is 0.472 e. The van der Waals surface area contributed by atoms with Crippen molar-refractivity contribution in [1.29, 1.82) is 0 Å². The lowest BCUT2D eigenvalue weighted by Gasteiger charge is -2.19. The fourth-order valence-corrected chi connectivity index (χ4v) is 7.25. The highest BCUT2D eigenvalue weighted by Gasteiger charge is 2.26. The second-order valence-corrected chi connectivity index (χ2v) is 17.1. The minimum atomic E-state index is -4.38. The number of hydrogen-bond acceptors (Lipinski definition) is 8. The van der Waals surface area contributed by atoms with Crippen molar-refractivity contribution in [2.75, 3.05) is 26.4 Å². The van der Waals surface area contributed by atoms with Crippen molar-refractivity contribution in [3.63, 3.8) is 0 Å². The maximum absolute atomic E-state index is 12.6. The van der Waals surface area contributed by atoms with E-state index in [0.717, 1.165) is 57.8 Å². The Morgan fingerprint density at radius 2 is 0.912 bits per heavy atom. The van der Waals surface area contributed by atoms with Gasteiger partial charge < -0.3 is 20.1 Å². The molecule has 0 radical (unpaired) electrons. The quantitative estimate of drug-likeness (QED) is 0.0266. The molecule has 0 rings (SSSR count). The van der Waals surface area contributed by atoms with Crippen molar-refractivity contribution in [1.82, 2.24) is 0 Å². The molecular formula is C47H88NO8P. The van der Waals surface area contributed by atoms with E-state index in [1.54, 1.807) is 0 Å². The van der Waals surface area contributed by atoms with Gasteiger partial charge in [0.05, 0.1) is 13.2 Å². The number of carbonyl (C=O) groups is 2. The number of allylic oxidation sites excluding steroid dienone is 6. The molecule has 0 saturated heterocycles. The van der Waals surface area contributed by atoms with Crippen LogP contribution < -0.4 is 5.73 Å². The van der Waals surface area contributed by atoms with E-state index in [9.17, 15) is 19.0 Å². The predicted octanol–water partition coefficient (Wildman–Crippen LogP) is 13.7. The first-order chi connectivity index (χ1) is 27.8. The standard InChI is InChI=1S/C47H88NO8P/c1-3-5-7-9-11-13-15-17-19-20-21-22-23-24-26-27-29-31-33-35-37-39-46(49)53-43-45(44-55-57(51,52)54-42-41-48)56-47(50)40-38-36-34-32-30-28-25-18-16-14-12-10-8-6-4-2/h12,14,17-19,25,45H,3-11,13,15-16,20-24,26-44,48H2,1-2H3,(H,51,52)/b14-12-,19-17-,25-18-/t45-/m1/s1. The second-order valence-electron chi connectivity index (χ2n) is 15.6. The van der Waals surface area contributed by atoms with Gasteiger partial charge in [-0.1, -0.05) is 172 Å². The number of phosphoric acid groups is 1. The van der Waals surface area contributed by atoms with Crippen LogP contribution >= 0.6 is 7.82 Å². The normalized spacial score (nSPS) is 13.5. The molecule has 10 heteroatoms. The predicted molar refractivity (Wildman–Crippen MR) is 238 cm³/mol. The van der Waals surface area contributed by atoms with Crippen LogP contribution in [0.3, 0.4) is 0 Å². The number of ether oxygens (including phenoxy) is 2. The Morgan fingerprint density at radius 1 is 0.526 bits per heavy atom. The molecule has 0 aromatic rings. The van der Waals surface area contributed by atoms with Crippen molar-refractivity contribution >= 4 is 19.8 Å². The minimum absolute atomic E-state index is 0.0509. The van der Waals surface area contributed by atoms with Gasteiger partial charge >= 0.3 is 19.8 Å². The molecule has 0 spiro atoms. The Labute approximate surface area is 350 Å². The first-order valence-corrected chi connectivity index (χ1v) is 25.0. The van der Waals surface area contributed by atoms with Crippen LogP contribution in [0.4, 0.5) is 0 Å². The molecule has 0 aromatic carbocycles. The van der Waals surface area contributed by atoms with Crippen LogP contribution in [0.1, 0.15) is 219 Å². The topological polar surface area (TPSA) is 134 Å². The number of esters is 2. The van der Waals surface area contributed by atoms with Crippen LogP contribution in [0.5, 0.6) is 0 Å². The number of hydrogen-bond donors (Lipinski definition) is 2. The molecule has 2 atom stereocenters. The van der Waals surface area contributed by atoms with Crippen molar-refractivity contribution in [2.24, 2.45) is 5.73 Å². The fraction of sp³-hybridized carbons (Fsp3) is 0.830. The van der Waals surface area contributed by atoms with Crippen molar-refractivity contribution in [2.45, 2.75) is 225 Å². The van der Waals surface area contributed by atoms with E-state index in [2.05, 4.69) is 50.3 Å². The molecule has 334 valence electrons. The molecule has 9 nitrogen and oxygen atoms in total. The number of nitrogens with two attached hydrogens (primary N) is 1. The molecule has 0 heterocycles. The van der Waals surface area contributed by atoms with Crippen LogP contribution in [0, 0.1) is 0 Å². The summed E-state index contributed by atoms with van der Waals surface area (Å²) < 4.78 is 32.8. The summed E-state index contributed by atoms with van der Waals surface area (Å²) in [4.78, 5) is 34.9. The average Bonchev–Trinajstić information content (AvgIpc) is 3.20. The van der Waals surface area contributed by atoms with E-state index in [1.807, 2.05) is 0 Å². The lowest BCUT2D eigenvalue weighted by molar-refractivity contribution is -0.161. The highest BCUT2D eigenvalue weighted by Crippen LogP contribution is 2.43. The number of phosphoric ester groups is 1. The lowest BCUT2D eigenvalue weighted by atomic mass is 10.0. The Morgan fingerprint density at radius 3 is 1.39 bits per heavy atom. The summed E-state index contributed by atoms with van der Waals surface area (Å²) in [6.45, 7) is 3.70. The minimum Gasteiger partial charge on any atom is -0.462 e. The number of rotatable bonds is 44. The van der Waals surface area contributed by atoms with E-state index in [0.29, 0.717) is 6.42 Å². The van der Waals surface area contributed by atoms with Crippen LogP contribution in [-0.2, 0) is 32.7 Å². The number of carbonyl (C=O) groups excluding carboxylic acids is 2. The van der Waals surface area contributed by atoms with Gasteiger partial charge in [0.1, 0.15) is 6.61 Å². The summed E-state index contributed by atoms with van der Waals surface area (Å²) in [5, 5.41) is 0. The van der Waals surface area contributed by atoms with Gasteiger partial charge in [-0.25, -0.2) is 4.57 Å². The average molecular weight is 826 g/mol. The fourth-order valence-electron chi connectivity index (χ4n) is 6.48. The zero-order valence-corrected chi connectivity index (χ0v) is 37.7. The third kappa shape index (κ3) is 43.6. The molecule has 57 heavy (non-hydrogen) atoms. The first kappa shape index (κ1) is 55.2. The SMILES string of the molecule is CCCCC/C=C\C/C=C\CCCCCCCC(=O)O[C@H](COC(=O)CCCCCCCCCCCCC/C=C\CCCCCCCC)COP(=O)(O)OCCN. The van der Waals surface area contributed by atoms with Crippen LogP contribution in [0.2, 0.25) is 0 Å². The summed E-state index contributed by atoms with van der Waals surface area (Å²) in [5.41, 5.74) is 5.35. The second kappa shape index (κ2) is 43.8. The van der Waals surface area contributed by atoms with Crippen LogP contribution in [-0.4, -0.2) is 49.3 Å². The molecule has 0 amide bonds. The maximum atomic E-state index is 12.6. The van der Waals surface area contributed by atoms with E-state index < -0.39 is 26.5 Å². The lowest BCUT2D eigenvalue weighted by Crippen LogP contribution is -2.29. The molecule has 0 aliphatic rings. The zero-order chi connectivity index (χ0) is 41.8. The van der Waals surface area contributed by atoms with Gasteiger partial charge in [0.25, 0.3) is 0 Å². The van der Waals surface area contributed by atoms with Crippen molar-refractivity contribution in [3.05, 3.63) is 36.5 Å². The monoisotopic (exact) mass is 826 g/mol. The highest BCUT2D eigenvalue weighted by atomic mass is 31.2. The molecule has 0 fully saturated rings. The van der Waals surface area contributed by atoms with Crippen LogP contribution in [0.15, 0.2) is 36.5 Å². The molecule has 0 aromatic heterocycles. The third-order valence-electron chi connectivity index (χ3n) is 10.00. The van der Waals surface area contributed by atoms with E-state index in [4.69, 9.17) is 24.3 Å². The molecule has 0 aliphatic carbocycles. The summed E-state index contributed by atoms with van der Waals surface area (Å²) in [6, 6.07) is 0. The Hall–Kier alpha value is -1.77. The van der Waals surface area contributed by atoms with Gasteiger partial charge in [-0.2, -0.15) is 0 Å². The van der Waals surface area contributed by atoms with E-state index >= 15 is 0 Å². The van der Waals surface area contributed by atoms with Gasteiger partial charge in [0.2, 0.25) is 0 Å². The zero-order valence-electron chi connectivity index (χ0n) is 36.8. The summed E-state index contributed by atoms with van der Waals surface area (Å²) in [5.74, 6) is -0.840. The maximum Gasteiger partial charge on any atom is 0.472 e. The molecular weight excluding hydrogens is 737 g/mol. The smallest absolute Gasteiger partial charge is 0.462 e. The van der Waals surface area contributed by atoms with Gasteiger partial charge in [-0.05, 0) is 70.6 Å². The number of unbranched alkanes of at least 4 members (excludes halogenated alkanes) is 25. The highest BCUT2D eigenvalue weighted by molar-refractivity contribution is 7.47. The van der Waals surface area contributed by atoms with Crippen molar-refractivity contribution < 1.29 is 37.6 Å². The Bertz CT molecular complexity index is 1030. The molecule has 1 unspecified atom stereocenters. The van der Waals surface area contributed by atoms with Gasteiger partial charge in [0.15, 0.2) is 6.10 Å². The first-order valence-electron chi connectivity index (χ1n) is 23.5. The Balaban J connectivity index is 4.08.